The van der Waals surface area contributed by atoms with Gasteiger partial charge in [-0.3, -0.25) is 4.79 Å². The maximum atomic E-state index is 12.9. The monoisotopic (exact) mass is 495 g/mol. The number of carbonyl (C=O) groups excluding carboxylic acids is 1. The number of hydrogen-bond acceptors (Lipinski definition) is 7. The summed E-state index contributed by atoms with van der Waals surface area (Å²) < 4.78 is 13.3. The number of ether oxygens (including phenoxy) is 1. The maximum absolute atomic E-state index is 12.9. The van der Waals surface area contributed by atoms with Crippen LogP contribution in [0, 0.1) is 6.92 Å². The Bertz CT molecular complexity index is 1740. The first-order valence-electron chi connectivity index (χ1n) is 11.3. The van der Waals surface area contributed by atoms with E-state index in [9.17, 15) is 4.79 Å². The van der Waals surface area contributed by atoms with Gasteiger partial charge in [-0.2, -0.15) is 5.10 Å². The van der Waals surface area contributed by atoms with E-state index in [0.29, 0.717) is 27.7 Å². The number of fused-ring (bicyclic) bond motifs is 4. The van der Waals surface area contributed by atoms with E-state index in [1.165, 1.54) is 23.7 Å². The molecule has 6 rings (SSSR count). The summed E-state index contributed by atoms with van der Waals surface area (Å²) in [5.74, 6) is 0.533. The lowest BCUT2D eigenvalue weighted by atomic mass is 10.1. The average Bonchev–Trinajstić information content (AvgIpc) is 3.49. The lowest BCUT2D eigenvalue weighted by molar-refractivity contribution is -0.113. The quantitative estimate of drug-likeness (QED) is 0.232. The van der Waals surface area contributed by atoms with E-state index < -0.39 is 0 Å². The minimum atomic E-state index is -0.188. The molecule has 0 aliphatic rings. The first kappa shape index (κ1) is 22.1. The molecule has 1 N–H and O–H groups in total. The topological polar surface area (TPSA) is 95.1 Å². The van der Waals surface area contributed by atoms with Crippen LogP contribution in [-0.2, 0) is 4.79 Å². The van der Waals surface area contributed by atoms with Crippen molar-refractivity contribution in [2.75, 3.05) is 18.2 Å². The Kier molecular flexibility index (Phi) is 5.54. The number of para-hydroxylation sites is 1. The molecule has 0 bridgehead atoms. The molecule has 0 saturated carbocycles. The van der Waals surface area contributed by atoms with Crippen molar-refractivity contribution in [3.63, 3.8) is 0 Å². The molecule has 0 fully saturated rings. The molecule has 0 atom stereocenters. The standard InChI is InChI=1S/C27H21N5O3S/c1-16-7-9-17(10-8-16)32-26-20(13-30-32)27(29-15-28-26)36-14-25(33)31-21-12-23-19(11-24(21)34-2)18-5-3-4-6-22(18)35-23/h3-13,15H,14H2,1-2H3,(H,31,33). The highest BCUT2D eigenvalue weighted by atomic mass is 32.2. The Morgan fingerprint density at radius 3 is 2.69 bits per heavy atom. The van der Waals surface area contributed by atoms with Crippen LogP contribution >= 0.6 is 11.8 Å². The van der Waals surface area contributed by atoms with Crippen LogP contribution in [0.3, 0.4) is 0 Å². The molecule has 9 heteroatoms. The van der Waals surface area contributed by atoms with Crippen LogP contribution in [0.25, 0.3) is 38.7 Å². The summed E-state index contributed by atoms with van der Waals surface area (Å²) in [5, 5.41) is 10.8. The van der Waals surface area contributed by atoms with E-state index >= 15 is 0 Å². The van der Waals surface area contributed by atoms with Gasteiger partial charge < -0.3 is 14.5 Å². The van der Waals surface area contributed by atoms with E-state index in [1.807, 2.05) is 61.5 Å². The predicted molar refractivity (Wildman–Crippen MR) is 141 cm³/mol. The van der Waals surface area contributed by atoms with Crippen molar-refractivity contribution in [1.82, 2.24) is 19.7 Å². The summed E-state index contributed by atoms with van der Waals surface area (Å²) in [4.78, 5) is 21.7. The number of nitrogens with zero attached hydrogens (tertiary/aromatic N) is 4. The van der Waals surface area contributed by atoms with Crippen LogP contribution in [0.2, 0.25) is 0 Å². The minimum Gasteiger partial charge on any atom is -0.495 e. The molecule has 0 spiro atoms. The molecule has 178 valence electrons. The van der Waals surface area contributed by atoms with Gasteiger partial charge in [0.2, 0.25) is 5.91 Å². The highest BCUT2D eigenvalue weighted by Gasteiger charge is 2.16. The number of anilines is 1. The fourth-order valence-corrected chi connectivity index (χ4v) is 4.91. The number of nitrogens with one attached hydrogen (secondary N) is 1. The lowest BCUT2D eigenvalue weighted by Gasteiger charge is -2.10. The number of benzene rings is 3. The third-order valence-electron chi connectivity index (χ3n) is 5.92. The molecule has 0 aliphatic heterocycles. The van der Waals surface area contributed by atoms with Crippen LogP contribution in [-0.4, -0.2) is 38.5 Å². The van der Waals surface area contributed by atoms with E-state index in [2.05, 4.69) is 20.4 Å². The van der Waals surface area contributed by atoms with Crippen molar-refractivity contribution < 1.29 is 13.9 Å². The maximum Gasteiger partial charge on any atom is 0.234 e. The average molecular weight is 496 g/mol. The second kappa shape index (κ2) is 9.01. The zero-order valence-electron chi connectivity index (χ0n) is 19.6. The number of rotatable bonds is 6. The van der Waals surface area contributed by atoms with E-state index in [0.717, 1.165) is 27.4 Å². The highest BCUT2D eigenvalue weighted by Crippen LogP contribution is 2.36. The largest absolute Gasteiger partial charge is 0.495 e. The molecule has 3 heterocycles. The number of aromatic nitrogens is 4. The molecule has 36 heavy (non-hydrogen) atoms. The first-order chi connectivity index (χ1) is 17.6. The summed E-state index contributed by atoms with van der Waals surface area (Å²) in [7, 11) is 1.58. The smallest absolute Gasteiger partial charge is 0.234 e. The Labute approximate surface area is 210 Å². The van der Waals surface area contributed by atoms with Crippen molar-refractivity contribution >= 4 is 56.3 Å². The second-order valence-corrected chi connectivity index (χ2v) is 9.26. The molecule has 0 unspecified atom stereocenters. The van der Waals surface area contributed by atoms with E-state index in [1.54, 1.807) is 24.1 Å². The van der Waals surface area contributed by atoms with Crippen LogP contribution < -0.4 is 10.1 Å². The van der Waals surface area contributed by atoms with Gasteiger partial charge in [-0.05, 0) is 31.2 Å². The zero-order chi connectivity index (χ0) is 24.6. The van der Waals surface area contributed by atoms with Gasteiger partial charge in [-0.25, -0.2) is 14.6 Å². The third kappa shape index (κ3) is 3.93. The van der Waals surface area contributed by atoms with Crippen LogP contribution in [0.15, 0.2) is 82.6 Å². The van der Waals surface area contributed by atoms with Crippen molar-refractivity contribution in [1.29, 1.82) is 0 Å². The first-order valence-corrected chi connectivity index (χ1v) is 12.3. The minimum absolute atomic E-state index is 0.156. The molecule has 3 aromatic carbocycles. The molecule has 0 saturated heterocycles. The SMILES string of the molecule is COc1cc2c(cc1NC(=O)CSc1ncnc3c1cnn3-c1ccc(C)cc1)oc1ccccc12. The van der Waals surface area contributed by atoms with Gasteiger partial charge in [0.05, 0.1) is 35.8 Å². The number of carbonyl (C=O) groups is 1. The molecule has 3 aromatic heterocycles. The zero-order valence-corrected chi connectivity index (χ0v) is 20.4. The van der Waals surface area contributed by atoms with Gasteiger partial charge in [0.25, 0.3) is 0 Å². The molecule has 0 aliphatic carbocycles. The predicted octanol–water partition coefficient (Wildman–Crippen LogP) is 5.76. The van der Waals surface area contributed by atoms with Gasteiger partial charge in [0.1, 0.15) is 28.3 Å². The number of hydrogen-bond donors (Lipinski definition) is 1. The molecule has 6 aromatic rings. The van der Waals surface area contributed by atoms with Crippen LogP contribution in [0.4, 0.5) is 5.69 Å². The Morgan fingerprint density at radius 2 is 1.86 bits per heavy atom. The van der Waals surface area contributed by atoms with Crippen molar-refractivity contribution in [2.24, 2.45) is 0 Å². The molecule has 8 nitrogen and oxygen atoms in total. The number of amides is 1. The molecule has 0 radical (unpaired) electrons. The summed E-state index contributed by atoms with van der Waals surface area (Å²) in [6.07, 6.45) is 3.22. The second-order valence-electron chi connectivity index (χ2n) is 8.29. The van der Waals surface area contributed by atoms with E-state index in [4.69, 9.17) is 9.15 Å². The van der Waals surface area contributed by atoms with Crippen LogP contribution in [0.5, 0.6) is 5.75 Å². The number of furan rings is 1. The number of aryl methyl sites for hydroxylation is 1. The Balaban J connectivity index is 1.23. The summed E-state index contributed by atoms with van der Waals surface area (Å²) in [6, 6.07) is 19.5. The molecule has 1 amide bonds. The van der Waals surface area contributed by atoms with Crippen molar-refractivity contribution in [2.45, 2.75) is 11.9 Å². The van der Waals surface area contributed by atoms with Crippen LogP contribution in [0.1, 0.15) is 5.56 Å². The Morgan fingerprint density at radius 1 is 1.03 bits per heavy atom. The number of methoxy groups -OCH3 is 1. The van der Waals surface area contributed by atoms with E-state index in [-0.39, 0.29) is 11.7 Å². The van der Waals surface area contributed by atoms with Gasteiger partial charge in [0.15, 0.2) is 5.65 Å². The summed E-state index contributed by atoms with van der Waals surface area (Å²) >= 11 is 1.33. The van der Waals surface area contributed by atoms with Crippen molar-refractivity contribution in [3.8, 4) is 11.4 Å². The molecular weight excluding hydrogens is 474 g/mol. The van der Waals surface area contributed by atoms with Gasteiger partial charge >= 0.3 is 0 Å². The highest BCUT2D eigenvalue weighted by molar-refractivity contribution is 8.00. The Hall–Kier alpha value is -4.37. The number of thioether (sulfide) groups is 1. The normalized spacial score (nSPS) is 11.4. The molecular formula is C27H21N5O3S. The fourth-order valence-electron chi connectivity index (χ4n) is 4.15. The summed E-state index contributed by atoms with van der Waals surface area (Å²) in [6.45, 7) is 2.04. The van der Waals surface area contributed by atoms with Gasteiger partial charge in [0, 0.05) is 16.8 Å². The van der Waals surface area contributed by atoms with Gasteiger partial charge in [-0.15, -0.1) is 0 Å². The lowest BCUT2D eigenvalue weighted by Crippen LogP contribution is -2.14. The summed E-state index contributed by atoms with van der Waals surface area (Å²) in [5.41, 5.74) is 4.79. The van der Waals surface area contributed by atoms with Gasteiger partial charge in [-0.1, -0.05) is 47.7 Å². The van der Waals surface area contributed by atoms with Crippen molar-refractivity contribution in [3.05, 3.63) is 78.8 Å². The third-order valence-corrected chi connectivity index (χ3v) is 6.93. The fraction of sp³-hybridized carbons (Fsp3) is 0.111.